The minimum Gasteiger partial charge on any atom is -0.481 e. The van der Waals surface area contributed by atoms with Crippen LogP contribution in [-0.4, -0.2) is 22.8 Å². The summed E-state index contributed by atoms with van der Waals surface area (Å²) in [7, 11) is 0. The highest BCUT2D eigenvalue weighted by molar-refractivity contribution is 7.99. The zero-order valence-electron chi connectivity index (χ0n) is 17.8. The van der Waals surface area contributed by atoms with Gasteiger partial charge in [-0.3, -0.25) is 9.59 Å². The number of ether oxygens (including phenoxy) is 1. The van der Waals surface area contributed by atoms with E-state index in [0.717, 1.165) is 10.6 Å². The van der Waals surface area contributed by atoms with Crippen LogP contribution in [0.4, 0.5) is 0 Å². The van der Waals surface area contributed by atoms with Gasteiger partial charge in [-0.25, -0.2) is 0 Å². The fourth-order valence-electron chi connectivity index (χ4n) is 2.64. The smallest absolute Gasteiger partial charge is 0.317 e. The van der Waals surface area contributed by atoms with Gasteiger partial charge in [0, 0.05) is 16.2 Å². The summed E-state index contributed by atoms with van der Waals surface area (Å²) in [5, 5.41) is 10.8. The molecule has 0 aliphatic carbocycles. The summed E-state index contributed by atoms with van der Waals surface area (Å²) in [6, 6.07) is 9.56. The highest BCUT2D eigenvalue weighted by Gasteiger charge is 2.31. The number of hydrogen-bond donors (Lipinski definition) is 1. The van der Waals surface area contributed by atoms with Crippen LogP contribution in [-0.2, 0) is 21.4 Å². The van der Waals surface area contributed by atoms with E-state index in [1.54, 1.807) is 35.2 Å². The zero-order chi connectivity index (χ0) is 21.7. The number of carboxylic acid groups (broad SMARTS) is 1. The van der Waals surface area contributed by atoms with Crippen molar-refractivity contribution in [2.75, 3.05) is 5.75 Å². The van der Waals surface area contributed by atoms with Crippen molar-refractivity contribution in [3.8, 4) is 5.75 Å². The molecule has 158 valence electrons. The summed E-state index contributed by atoms with van der Waals surface area (Å²) in [6.45, 7) is 10.4. The Morgan fingerprint density at radius 2 is 1.76 bits per heavy atom. The molecule has 0 unspecified atom stereocenters. The van der Waals surface area contributed by atoms with Gasteiger partial charge in [0.15, 0.2) is 0 Å². The van der Waals surface area contributed by atoms with Gasteiger partial charge >= 0.3 is 11.9 Å². The van der Waals surface area contributed by atoms with Crippen LogP contribution in [0.15, 0.2) is 40.6 Å². The topological polar surface area (TPSA) is 63.6 Å². The number of esters is 1. The minimum atomic E-state index is -0.771. The molecule has 6 heteroatoms. The number of thiophene rings is 1. The summed E-state index contributed by atoms with van der Waals surface area (Å²) >= 11 is 3.29. The third-order valence-electron chi connectivity index (χ3n) is 4.53. The largest absolute Gasteiger partial charge is 0.481 e. The van der Waals surface area contributed by atoms with Gasteiger partial charge in [0.1, 0.15) is 5.75 Å². The highest BCUT2D eigenvalue weighted by Crippen LogP contribution is 2.32. The fraction of sp³-hybridized carbons (Fsp3) is 0.478. The first kappa shape index (κ1) is 23.5. The van der Waals surface area contributed by atoms with E-state index in [0.29, 0.717) is 18.6 Å². The molecule has 0 saturated carbocycles. The first-order valence-corrected chi connectivity index (χ1v) is 11.6. The first-order valence-electron chi connectivity index (χ1n) is 9.72. The van der Waals surface area contributed by atoms with Gasteiger partial charge in [0.25, 0.3) is 0 Å². The standard InChI is InChI=1S/C23H30O4S2/c1-22(2,3)16-13-19(29-15-16)14-23(4,5)21(26)27-17-8-10-18(11-9-17)28-12-6-7-20(24)25/h8-11,13,15H,6-7,12,14H2,1-5H3,(H,24,25). The van der Waals surface area contributed by atoms with Gasteiger partial charge < -0.3 is 9.84 Å². The van der Waals surface area contributed by atoms with Crippen LogP contribution in [0.1, 0.15) is 57.9 Å². The fourth-order valence-corrected chi connectivity index (χ4v) is 4.83. The van der Waals surface area contributed by atoms with Gasteiger partial charge in [0.05, 0.1) is 5.41 Å². The molecule has 2 aromatic rings. The molecule has 0 amide bonds. The van der Waals surface area contributed by atoms with Crippen LogP contribution in [0, 0.1) is 5.41 Å². The highest BCUT2D eigenvalue weighted by atomic mass is 32.2. The van der Waals surface area contributed by atoms with E-state index in [-0.39, 0.29) is 17.8 Å². The lowest BCUT2D eigenvalue weighted by molar-refractivity contribution is -0.144. The molecule has 0 radical (unpaired) electrons. The molecule has 4 nitrogen and oxygen atoms in total. The van der Waals surface area contributed by atoms with Crippen molar-refractivity contribution < 1.29 is 19.4 Å². The summed E-state index contributed by atoms with van der Waals surface area (Å²) in [6.07, 6.45) is 1.45. The molecule has 0 aliphatic heterocycles. The Bertz CT molecular complexity index is 829. The minimum absolute atomic E-state index is 0.104. The summed E-state index contributed by atoms with van der Waals surface area (Å²) in [5.41, 5.74) is 0.773. The SMILES string of the molecule is CC(C)(Cc1cc(C(C)(C)C)cs1)C(=O)Oc1ccc(SCCCC(=O)O)cc1. The van der Waals surface area contributed by atoms with Gasteiger partial charge in [-0.05, 0) is 79.1 Å². The molecule has 1 N–H and O–H groups in total. The lowest BCUT2D eigenvalue weighted by Gasteiger charge is -2.22. The summed E-state index contributed by atoms with van der Waals surface area (Å²) in [4.78, 5) is 25.5. The maximum absolute atomic E-state index is 12.7. The Morgan fingerprint density at radius 1 is 1.10 bits per heavy atom. The van der Waals surface area contributed by atoms with E-state index >= 15 is 0 Å². The van der Waals surface area contributed by atoms with Crippen LogP contribution in [0.5, 0.6) is 5.75 Å². The molecule has 1 aromatic heterocycles. The van der Waals surface area contributed by atoms with Crippen molar-refractivity contribution in [3.05, 3.63) is 46.2 Å². The van der Waals surface area contributed by atoms with Crippen LogP contribution in [0.25, 0.3) is 0 Å². The Kier molecular flexibility index (Phi) is 7.94. The molecule has 0 fully saturated rings. The molecular weight excluding hydrogens is 404 g/mol. The molecule has 29 heavy (non-hydrogen) atoms. The predicted molar refractivity (Wildman–Crippen MR) is 120 cm³/mol. The van der Waals surface area contributed by atoms with E-state index in [4.69, 9.17) is 9.84 Å². The molecule has 0 saturated heterocycles. The van der Waals surface area contributed by atoms with Crippen molar-refractivity contribution in [2.24, 2.45) is 5.41 Å². The quantitative estimate of drug-likeness (QED) is 0.221. The van der Waals surface area contributed by atoms with Crippen molar-refractivity contribution in [1.29, 1.82) is 0 Å². The van der Waals surface area contributed by atoms with E-state index < -0.39 is 11.4 Å². The van der Waals surface area contributed by atoms with Crippen molar-refractivity contribution in [1.82, 2.24) is 0 Å². The van der Waals surface area contributed by atoms with Crippen LogP contribution in [0.3, 0.4) is 0 Å². The lowest BCUT2D eigenvalue weighted by atomic mass is 9.86. The Morgan fingerprint density at radius 3 is 2.31 bits per heavy atom. The molecule has 1 heterocycles. The van der Waals surface area contributed by atoms with Gasteiger partial charge in [-0.2, -0.15) is 0 Å². The van der Waals surface area contributed by atoms with E-state index in [1.165, 1.54) is 10.4 Å². The van der Waals surface area contributed by atoms with Gasteiger partial charge in [-0.1, -0.05) is 20.8 Å². The predicted octanol–water partition coefficient (Wildman–Crippen LogP) is 6.18. The average Bonchev–Trinajstić information content (AvgIpc) is 3.08. The second kappa shape index (κ2) is 9.81. The van der Waals surface area contributed by atoms with Crippen LogP contribution < -0.4 is 4.74 Å². The Hall–Kier alpha value is -1.79. The van der Waals surface area contributed by atoms with Crippen LogP contribution in [0.2, 0.25) is 0 Å². The number of aliphatic carboxylic acids is 1. The van der Waals surface area contributed by atoms with Crippen molar-refractivity contribution in [2.45, 2.75) is 64.2 Å². The van der Waals surface area contributed by atoms with E-state index in [1.807, 2.05) is 26.0 Å². The summed E-state index contributed by atoms with van der Waals surface area (Å²) in [5.74, 6) is 0.257. The number of hydrogen-bond acceptors (Lipinski definition) is 5. The third kappa shape index (κ3) is 7.52. The molecule has 2 rings (SSSR count). The number of rotatable bonds is 9. The number of carboxylic acids is 1. The number of carbonyl (C=O) groups excluding carboxylic acids is 1. The molecular formula is C23H30O4S2. The molecule has 0 spiro atoms. The van der Waals surface area contributed by atoms with Gasteiger partial charge in [0.2, 0.25) is 0 Å². The number of thioether (sulfide) groups is 1. The monoisotopic (exact) mass is 434 g/mol. The molecule has 0 aliphatic rings. The lowest BCUT2D eigenvalue weighted by Crippen LogP contribution is -2.31. The number of benzene rings is 1. The second-order valence-electron chi connectivity index (χ2n) is 8.82. The Balaban J connectivity index is 1.90. The van der Waals surface area contributed by atoms with Crippen molar-refractivity contribution in [3.63, 3.8) is 0 Å². The average molecular weight is 435 g/mol. The second-order valence-corrected chi connectivity index (χ2v) is 11.0. The molecule has 0 atom stereocenters. The maximum atomic E-state index is 12.7. The molecule has 1 aromatic carbocycles. The zero-order valence-corrected chi connectivity index (χ0v) is 19.4. The van der Waals surface area contributed by atoms with Crippen molar-refractivity contribution >= 4 is 35.0 Å². The Labute approximate surface area is 181 Å². The van der Waals surface area contributed by atoms with E-state index in [9.17, 15) is 9.59 Å². The first-order chi connectivity index (χ1) is 13.5. The summed E-state index contributed by atoms with van der Waals surface area (Å²) < 4.78 is 5.62. The van der Waals surface area contributed by atoms with E-state index in [2.05, 4.69) is 32.2 Å². The third-order valence-corrected chi connectivity index (χ3v) is 6.56. The molecule has 0 bridgehead atoms. The van der Waals surface area contributed by atoms with Crippen LogP contribution >= 0.6 is 23.1 Å². The maximum Gasteiger partial charge on any atom is 0.317 e. The number of carbonyl (C=O) groups is 2. The normalized spacial score (nSPS) is 12.0. The van der Waals surface area contributed by atoms with Gasteiger partial charge in [-0.15, -0.1) is 23.1 Å².